The van der Waals surface area contributed by atoms with Gasteiger partial charge in [-0.1, -0.05) is 13.8 Å². The first-order valence-corrected chi connectivity index (χ1v) is 12.6. The highest BCUT2D eigenvalue weighted by Gasteiger charge is 2.26. The van der Waals surface area contributed by atoms with Crippen LogP contribution in [0.1, 0.15) is 49.0 Å². The highest BCUT2D eigenvalue weighted by Crippen LogP contribution is 2.30. The highest BCUT2D eigenvalue weighted by atomic mass is 32.2. The zero-order valence-corrected chi connectivity index (χ0v) is 19.3. The number of H-pyrrole nitrogens is 1. The van der Waals surface area contributed by atoms with Gasteiger partial charge in [-0.15, -0.1) is 0 Å². The SMILES string of the molecule is CCCS(=O)(=O)Nc1ccc(F)c(C(=O)c2c[nH]c3ncc(N4CCC(C)CC4)cc23)c1F. The maximum Gasteiger partial charge on any atom is 0.232 e. The Hall–Kier alpha value is -3.01. The van der Waals surface area contributed by atoms with E-state index < -0.39 is 38.7 Å². The molecule has 33 heavy (non-hydrogen) atoms. The second-order valence-corrected chi connectivity index (χ2v) is 10.3. The third kappa shape index (κ3) is 4.71. The number of carbonyl (C=O) groups is 1. The van der Waals surface area contributed by atoms with Crippen molar-refractivity contribution in [3.8, 4) is 0 Å². The third-order valence-corrected chi connectivity index (χ3v) is 7.44. The molecular weight excluding hydrogens is 450 g/mol. The van der Waals surface area contributed by atoms with Gasteiger partial charge in [0.1, 0.15) is 11.5 Å². The lowest BCUT2D eigenvalue weighted by Gasteiger charge is -2.31. The lowest BCUT2D eigenvalue weighted by molar-refractivity contribution is 0.103. The van der Waals surface area contributed by atoms with Gasteiger partial charge in [-0.25, -0.2) is 22.2 Å². The number of benzene rings is 1. The minimum absolute atomic E-state index is 0.0658. The minimum Gasteiger partial charge on any atom is -0.370 e. The number of pyridine rings is 1. The smallest absolute Gasteiger partial charge is 0.232 e. The van der Waals surface area contributed by atoms with Crippen molar-refractivity contribution in [2.75, 3.05) is 28.5 Å². The summed E-state index contributed by atoms with van der Waals surface area (Å²) in [5, 5.41) is 0.451. The summed E-state index contributed by atoms with van der Waals surface area (Å²) in [7, 11) is -3.82. The molecule has 176 valence electrons. The molecular formula is C23H26F2N4O3S. The van der Waals surface area contributed by atoms with E-state index in [-0.39, 0.29) is 11.3 Å². The summed E-state index contributed by atoms with van der Waals surface area (Å²) < 4.78 is 55.9. The largest absolute Gasteiger partial charge is 0.370 e. The predicted octanol–water partition coefficient (Wildman–Crippen LogP) is 4.46. The molecule has 0 unspecified atom stereocenters. The summed E-state index contributed by atoms with van der Waals surface area (Å²) in [4.78, 5) is 22.6. The maximum absolute atomic E-state index is 15.1. The Bertz CT molecular complexity index is 1300. The number of anilines is 2. The summed E-state index contributed by atoms with van der Waals surface area (Å²) in [5.74, 6) is -2.78. The van der Waals surface area contributed by atoms with E-state index in [1.807, 2.05) is 0 Å². The molecule has 1 saturated heterocycles. The first-order chi connectivity index (χ1) is 15.7. The van der Waals surface area contributed by atoms with E-state index in [1.54, 1.807) is 19.2 Å². The normalized spacial score (nSPS) is 15.2. The fraction of sp³-hybridized carbons (Fsp3) is 0.391. The van der Waals surface area contributed by atoms with Crippen LogP contribution in [0.25, 0.3) is 11.0 Å². The Balaban J connectivity index is 1.71. The number of hydrogen-bond acceptors (Lipinski definition) is 5. The van der Waals surface area contributed by atoms with Gasteiger partial charge < -0.3 is 9.88 Å². The molecule has 2 aromatic heterocycles. The van der Waals surface area contributed by atoms with Gasteiger partial charge in [-0.2, -0.15) is 0 Å². The molecule has 0 bridgehead atoms. The molecule has 0 atom stereocenters. The average molecular weight is 477 g/mol. The van der Waals surface area contributed by atoms with Crippen LogP contribution >= 0.6 is 0 Å². The fourth-order valence-corrected chi connectivity index (χ4v) is 5.21. The van der Waals surface area contributed by atoms with E-state index in [0.29, 0.717) is 23.4 Å². The molecule has 1 aliphatic rings. The van der Waals surface area contributed by atoms with E-state index >= 15 is 4.39 Å². The number of fused-ring (bicyclic) bond motifs is 1. The van der Waals surface area contributed by atoms with Gasteiger partial charge >= 0.3 is 0 Å². The number of halogens is 2. The van der Waals surface area contributed by atoms with Crippen molar-refractivity contribution in [3.63, 3.8) is 0 Å². The molecule has 2 N–H and O–H groups in total. The number of piperidine rings is 1. The molecule has 7 nitrogen and oxygen atoms in total. The standard InChI is InChI=1S/C23H26F2N4O3S/c1-3-10-33(31,32)28-19-5-4-18(24)20(21(19)25)22(30)17-13-27-23-16(17)11-15(12-26-23)29-8-6-14(2)7-9-29/h4-5,11-14,28H,3,6-10H2,1-2H3,(H,26,27). The van der Waals surface area contributed by atoms with Crippen molar-refractivity contribution >= 4 is 38.2 Å². The first kappa shape index (κ1) is 23.2. The monoisotopic (exact) mass is 476 g/mol. The van der Waals surface area contributed by atoms with Crippen molar-refractivity contribution < 1.29 is 22.0 Å². The molecule has 0 amide bonds. The van der Waals surface area contributed by atoms with Crippen LogP contribution in [-0.2, 0) is 10.0 Å². The molecule has 0 saturated carbocycles. The molecule has 3 aromatic rings. The Morgan fingerprint density at radius 3 is 2.70 bits per heavy atom. The minimum atomic E-state index is -3.82. The number of hydrogen-bond donors (Lipinski definition) is 2. The Kier molecular flexibility index (Phi) is 6.38. The Morgan fingerprint density at radius 1 is 1.27 bits per heavy atom. The maximum atomic E-state index is 15.1. The number of aromatic nitrogens is 2. The van der Waals surface area contributed by atoms with E-state index in [9.17, 15) is 17.6 Å². The molecule has 0 aliphatic carbocycles. The zero-order chi connectivity index (χ0) is 23.8. The van der Waals surface area contributed by atoms with Crippen LogP contribution in [0.5, 0.6) is 0 Å². The summed E-state index contributed by atoms with van der Waals surface area (Å²) in [5.41, 5.74) is 0.0494. The summed E-state index contributed by atoms with van der Waals surface area (Å²) in [6.45, 7) is 5.61. The third-order valence-electron chi connectivity index (χ3n) is 5.97. The zero-order valence-electron chi connectivity index (χ0n) is 18.5. The molecule has 10 heteroatoms. The van der Waals surface area contributed by atoms with Crippen LogP contribution in [0.15, 0.2) is 30.6 Å². The van der Waals surface area contributed by atoms with Gasteiger partial charge in [-0.05, 0) is 43.4 Å². The highest BCUT2D eigenvalue weighted by molar-refractivity contribution is 7.92. The fourth-order valence-electron chi connectivity index (χ4n) is 4.08. The van der Waals surface area contributed by atoms with Crippen LogP contribution in [-0.4, -0.2) is 43.0 Å². The van der Waals surface area contributed by atoms with Gasteiger partial charge in [0.15, 0.2) is 5.82 Å². The summed E-state index contributed by atoms with van der Waals surface area (Å²) in [6.07, 6.45) is 5.51. The molecule has 1 fully saturated rings. The Morgan fingerprint density at radius 2 is 2.00 bits per heavy atom. The number of ketones is 1. The van der Waals surface area contributed by atoms with E-state index in [0.717, 1.165) is 43.8 Å². The topological polar surface area (TPSA) is 95.2 Å². The van der Waals surface area contributed by atoms with Crippen LogP contribution in [0.3, 0.4) is 0 Å². The van der Waals surface area contributed by atoms with Crippen molar-refractivity contribution in [1.29, 1.82) is 0 Å². The summed E-state index contributed by atoms with van der Waals surface area (Å²) in [6, 6.07) is 3.65. The van der Waals surface area contributed by atoms with Crippen LogP contribution in [0.4, 0.5) is 20.2 Å². The van der Waals surface area contributed by atoms with Gasteiger partial charge in [0.2, 0.25) is 15.8 Å². The van der Waals surface area contributed by atoms with Crippen molar-refractivity contribution in [2.24, 2.45) is 5.92 Å². The van der Waals surface area contributed by atoms with E-state index in [4.69, 9.17) is 0 Å². The number of rotatable bonds is 7. The van der Waals surface area contributed by atoms with Crippen molar-refractivity contribution in [3.05, 3.63) is 53.4 Å². The quantitative estimate of drug-likeness (QED) is 0.491. The van der Waals surface area contributed by atoms with E-state index in [1.165, 1.54) is 6.20 Å². The average Bonchev–Trinajstić information content (AvgIpc) is 3.19. The van der Waals surface area contributed by atoms with Crippen LogP contribution in [0, 0.1) is 17.6 Å². The number of carbonyl (C=O) groups excluding carboxylic acids is 1. The summed E-state index contributed by atoms with van der Waals surface area (Å²) >= 11 is 0. The number of aromatic amines is 1. The van der Waals surface area contributed by atoms with Gasteiger partial charge in [0.25, 0.3) is 0 Å². The number of nitrogens with zero attached hydrogens (tertiary/aromatic N) is 2. The molecule has 4 rings (SSSR count). The number of sulfonamides is 1. The molecule has 0 spiro atoms. The second kappa shape index (κ2) is 9.09. The lowest BCUT2D eigenvalue weighted by atomic mass is 9.98. The lowest BCUT2D eigenvalue weighted by Crippen LogP contribution is -2.32. The van der Waals surface area contributed by atoms with Gasteiger partial charge in [0, 0.05) is 30.2 Å². The number of nitrogens with one attached hydrogen (secondary N) is 2. The predicted molar refractivity (Wildman–Crippen MR) is 124 cm³/mol. The van der Waals surface area contributed by atoms with Crippen LogP contribution < -0.4 is 9.62 Å². The van der Waals surface area contributed by atoms with Gasteiger partial charge in [0.05, 0.1) is 28.9 Å². The molecule has 1 aromatic carbocycles. The van der Waals surface area contributed by atoms with Crippen LogP contribution in [0.2, 0.25) is 0 Å². The molecule has 0 radical (unpaired) electrons. The van der Waals surface area contributed by atoms with E-state index in [2.05, 4.69) is 26.5 Å². The Labute approximate surface area is 191 Å². The molecule has 3 heterocycles. The van der Waals surface area contributed by atoms with Gasteiger partial charge in [-0.3, -0.25) is 9.52 Å². The first-order valence-electron chi connectivity index (χ1n) is 11.0. The van der Waals surface area contributed by atoms with Crippen molar-refractivity contribution in [2.45, 2.75) is 33.1 Å². The second-order valence-electron chi connectivity index (χ2n) is 8.50. The molecule has 1 aliphatic heterocycles. The van der Waals surface area contributed by atoms with Crippen molar-refractivity contribution in [1.82, 2.24) is 9.97 Å².